The summed E-state index contributed by atoms with van der Waals surface area (Å²) in [5.74, 6) is -0.696. The number of rotatable bonds is 1. The quantitative estimate of drug-likeness (QED) is 0.770. The van der Waals surface area contributed by atoms with Crippen molar-refractivity contribution in [2.75, 3.05) is 0 Å². The van der Waals surface area contributed by atoms with Crippen molar-refractivity contribution in [1.29, 1.82) is 21.0 Å². The maximum absolute atomic E-state index is 9.60. The van der Waals surface area contributed by atoms with Crippen molar-refractivity contribution in [3.05, 3.63) is 59.2 Å². The van der Waals surface area contributed by atoms with Crippen LogP contribution in [0.5, 0.6) is 0 Å². The molecule has 0 aliphatic heterocycles. The fourth-order valence-corrected chi connectivity index (χ4v) is 2.32. The molecule has 0 aromatic heterocycles. The average Bonchev–Trinajstić information content (AvgIpc) is 2.53. The van der Waals surface area contributed by atoms with Crippen molar-refractivity contribution in [2.45, 2.75) is 5.41 Å². The molecule has 1 aliphatic rings. The predicted octanol–water partition coefficient (Wildman–Crippen LogP) is 2.46. The van der Waals surface area contributed by atoms with Crippen LogP contribution >= 0.6 is 0 Å². The van der Waals surface area contributed by atoms with Gasteiger partial charge in [-0.25, -0.2) is 0 Å². The van der Waals surface area contributed by atoms with E-state index in [0.717, 1.165) is 0 Å². The van der Waals surface area contributed by atoms with E-state index in [1.807, 2.05) is 12.1 Å². The van der Waals surface area contributed by atoms with Crippen LogP contribution in [0.1, 0.15) is 16.7 Å². The van der Waals surface area contributed by atoms with E-state index < -0.39 is 11.3 Å². The molecule has 0 N–H and O–H groups in total. The third kappa shape index (κ3) is 1.74. The number of benzene rings is 1. The summed E-state index contributed by atoms with van der Waals surface area (Å²) < 4.78 is 0. The highest BCUT2D eigenvalue weighted by atomic mass is 14.5. The molecule has 0 amide bonds. The van der Waals surface area contributed by atoms with Gasteiger partial charge in [0.2, 0.25) is 0 Å². The first-order chi connectivity index (χ1) is 9.73. The Hall–Kier alpha value is -3.34. The first-order valence-electron chi connectivity index (χ1n) is 5.84. The predicted molar refractivity (Wildman–Crippen MR) is 70.5 cm³/mol. The lowest BCUT2D eigenvalue weighted by molar-refractivity contribution is 0.580. The number of nitriles is 4. The van der Waals surface area contributed by atoms with E-state index in [9.17, 15) is 15.8 Å². The molecule has 0 bridgehead atoms. The number of hydrogen-bond acceptors (Lipinski definition) is 4. The Bertz CT molecular complexity index is 775. The number of nitrogens with zero attached hydrogens (tertiary/aromatic N) is 4. The number of hydrogen-bond donors (Lipinski definition) is 0. The van der Waals surface area contributed by atoms with Gasteiger partial charge in [-0.2, -0.15) is 21.0 Å². The summed E-state index contributed by atoms with van der Waals surface area (Å²) in [5, 5.41) is 37.2. The fourth-order valence-electron chi connectivity index (χ4n) is 2.32. The molecule has 2 atom stereocenters. The Kier molecular flexibility index (Phi) is 3.35. The molecule has 1 aromatic carbocycles. The zero-order chi connectivity index (χ0) is 14.6. The van der Waals surface area contributed by atoms with E-state index >= 15 is 0 Å². The van der Waals surface area contributed by atoms with Crippen LogP contribution in [0.4, 0.5) is 0 Å². The second-order valence-corrected chi connectivity index (χ2v) is 4.28. The lowest BCUT2D eigenvalue weighted by Gasteiger charge is -2.29. The standard InChI is InChI=1S/C16H8N4/c17-8-12-4-3-6-15(14(12)10-19)16(11-20)7-2-1-5-13(16)9-18/h1-7,13H. The highest BCUT2D eigenvalue weighted by molar-refractivity contribution is 5.59. The molecule has 0 saturated heterocycles. The molecule has 0 saturated carbocycles. The van der Waals surface area contributed by atoms with Crippen LogP contribution in [0.15, 0.2) is 42.5 Å². The molecule has 2 unspecified atom stereocenters. The van der Waals surface area contributed by atoms with E-state index in [4.69, 9.17) is 5.26 Å². The van der Waals surface area contributed by atoms with E-state index in [2.05, 4.69) is 12.1 Å². The Morgan fingerprint density at radius 2 is 1.80 bits per heavy atom. The smallest absolute Gasteiger partial charge is 0.121 e. The van der Waals surface area contributed by atoms with Crippen molar-refractivity contribution in [3.8, 4) is 24.3 Å². The zero-order valence-corrected chi connectivity index (χ0v) is 10.4. The normalized spacial score (nSPS) is 23.1. The lowest BCUT2D eigenvalue weighted by atomic mass is 9.68. The van der Waals surface area contributed by atoms with Crippen LogP contribution in [-0.4, -0.2) is 0 Å². The third-order valence-electron chi connectivity index (χ3n) is 3.33. The van der Waals surface area contributed by atoms with Crippen molar-refractivity contribution in [3.63, 3.8) is 0 Å². The van der Waals surface area contributed by atoms with Crippen molar-refractivity contribution in [2.24, 2.45) is 5.92 Å². The molecule has 0 fully saturated rings. The summed E-state index contributed by atoms with van der Waals surface area (Å²) in [7, 11) is 0. The van der Waals surface area contributed by atoms with Crippen LogP contribution in [0.3, 0.4) is 0 Å². The van der Waals surface area contributed by atoms with Crippen molar-refractivity contribution >= 4 is 0 Å². The average molecular weight is 256 g/mol. The Labute approximate surface area is 116 Å². The molecule has 20 heavy (non-hydrogen) atoms. The van der Waals surface area contributed by atoms with Gasteiger partial charge >= 0.3 is 0 Å². The van der Waals surface area contributed by atoms with Gasteiger partial charge in [0, 0.05) is 0 Å². The summed E-state index contributed by atoms with van der Waals surface area (Å²) in [5.41, 5.74) is -0.480. The molecule has 0 heterocycles. The Morgan fingerprint density at radius 1 is 1.00 bits per heavy atom. The molecule has 92 valence electrons. The van der Waals surface area contributed by atoms with Gasteiger partial charge in [-0.15, -0.1) is 0 Å². The third-order valence-corrected chi connectivity index (χ3v) is 3.33. The SMILES string of the molecule is N#Cc1cccc(C2(C#N)C=CC=CC2C#N)c1C#N. The maximum Gasteiger partial charge on any atom is 0.121 e. The Morgan fingerprint density at radius 3 is 2.40 bits per heavy atom. The van der Waals surface area contributed by atoms with Gasteiger partial charge in [0.15, 0.2) is 0 Å². The van der Waals surface area contributed by atoms with Crippen LogP contribution < -0.4 is 0 Å². The minimum Gasteiger partial charge on any atom is -0.198 e. The highest BCUT2D eigenvalue weighted by Gasteiger charge is 2.41. The summed E-state index contributed by atoms with van der Waals surface area (Å²) in [6.07, 6.45) is 6.61. The summed E-state index contributed by atoms with van der Waals surface area (Å²) in [6.45, 7) is 0. The van der Waals surface area contributed by atoms with Gasteiger partial charge in [0.25, 0.3) is 0 Å². The van der Waals surface area contributed by atoms with Gasteiger partial charge in [0.1, 0.15) is 17.6 Å². The molecule has 1 aromatic rings. The van der Waals surface area contributed by atoms with Crippen LogP contribution in [0.25, 0.3) is 0 Å². The molecule has 1 aliphatic carbocycles. The first-order valence-corrected chi connectivity index (χ1v) is 5.84. The monoisotopic (exact) mass is 256 g/mol. The lowest BCUT2D eigenvalue weighted by Crippen LogP contribution is -2.32. The Balaban J connectivity index is 2.79. The van der Waals surface area contributed by atoms with Crippen LogP contribution in [0.2, 0.25) is 0 Å². The van der Waals surface area contributed by atoms with Gasteiger partial charge in [-0.1, -0.05) is 36.4 Å². The second-order valence-electron chi connectivity index (χ2n) is 4.28. The fraction of sp³-hybridized carbons (Fsp3) is 0.125. The minimum absolute atomic E-state index is 0.150. The van der Waals surface area contributed by atoms with E-state index in [0.29, 0.717) is 5.56 Å². The summed E-state index contributed by atoms with van der Waals surface area (Å²) in [6, 6.07) is 12.9. The van der Waals surface area contributed by atoms with Gasteiger partial charge in [0.05, 0.1) is 29.2 Å². The highest BCUT2D eigenvalue weighted by Crippen LogP contribution is 2.39. The molecule has 2 rings (SSSR count). The summed E-state index contributed by atoms with van der Waals surface area (Å²) >= 11 is 0. The summed E-state index contributed by atoms with van der Waals surface area (Å²) in [4.78, 5) is 0. The first kappa shape index (κ1) is 13.1. The molecule has 4 nitrogen and oxygen atoms in total. The minimum atomic E-state index is -1.23. The van der Waals surface area contributed by atoms with Crippen LogP contribution in [0, 0.1) is 51.2 Å². The molecule has 4 heteroatoms. The number of allylic oxidation sites excluding steroid dienone is 4. The van der Waals surface area contributed by atoms with Crippen molar-refractivity contribution < 1.29 is 0 Å². The van der Waals surface area contributed by atoms with Gasteiger partial charge in [-0.05, 0) is 11.6 Å². The topological polar surface area (TPSA) is 95.2 Å². The van der Waals surface area contributed by atoms with E-state index in [1.54, 1.807) is 36.4 Å². The van der Waals surface area contributed by atoms with Crippen LogP contribution in [-0.2, 0) is 5.41 Å². The zero-order valence-electron chi connectivity index (χ0n) is 10.4. The van der Waals surface area contributed by atoms with E-state index in [-0.39, 0.29) is 11.1 Å². The van der Waals surface area contributed by atoms with Gasteiger partial charge in [-0.3, -0.25) is 0 Å². The largest absolute Gasteiger partial charge is 0.198 e. The molecular weight excluding hydrogens is 248 g/mol. The van der Waals surface area contributed by atoms with E-state index in [1.165, 1.54) is 6.07 Å². The van der Waals surface area contributed by atoms with Crippen molar-refractivity contribution in [1.82, 2.24) is 0 Å². The molecule has 0 radical (unpaired) electrons. The second kappa shape index (κ2) is 5.11. The van der Waals surface area contributed by atoms with Gasteiger partial charge < -0.3 is 0 Å². The molecular formula is C16H8N4. The maximum atomic E-state index is 9.60. The molecule has 0 spiro atoms.